The van der Waals surface area contributed by atoms with E-state index in [1.165, 1.54) is 38.5 Å². The summed E-state index contributed by atoms with van der Waals surface area (Å²) in [6.07, 6.45) is 12.2. The standard InChI is InChI=1S/C22H24F2N6O.C6H12.C4H9N.Na/c1-13(31)29-7-5-19-18(12-29)22(27-26-19)30-6-3-4-14-8-16(15-10-25-28(2)11-15)17(21(23)24)9-20(14)30;1-2-4-6-5-3-1;1-3-5-4-2;/h8-11,21H,3-7,12H2,1-2H3,(H,26,27);1-6H2;5H,1-4H2;/q;;-2;+1. The largest absolute Gasteiger partial charge is 1.00 e. The molecule has 1 saturated carbocycles. The molecule has 2 aromatic heterocycles. The molecule has 0 atom stereocenters. The smallest absolute Gasteiger partial charge is 0.376 e. The van der Waals surface area contributed by atoms with Crippen molar-refractivity contribution in [1.82, 2.24) is 30.2 Å². The van der Waals surface area contributed by atoms with Gasteiger partial charge in [-0.25, -0.2) is 8.78 Å². The Labute approximate surface area is 277 Å². The number of halogens is 2. The maximum absolute atomic E-state index is 14.1. The van der Waals surface area contributed by atoms with E-state index in [1.807, 2.05) is 11.0 Å². The van der Waals surface area contributed by atoms with E-state index in [9.17, 15) is 13.6 Å². The van der Waals surface area contributed by atoms with Gasteiger partial charge in [0.1, 0.15) is 0 Å². The van der Waals surface area contributed by atoms with Gasteiger partial charge in [-0.1, -0.05) is 38.5 Å². The molecule has 0 bridgehead atoms. The molecule has 6 rings (SSSR count). The molecule has 0 spiro atoms. The number of hydrogen-bond acceptors (Lipinski definition) is 5. The van der Waals surface area contributed by atoms with Crippen LogP contribution in [0.1, 0.15) is 80.7 Å². The van der Waals surface area contributed by atoms with E-state index in [0.717, 1.165) is 54.3 Å². The van der Waals surface area contributed by atoms with Crippen molar-refractivity contribution in [2.45, 2.75) is 77.7 Å². The number of aromatic nitrogens is 4. The van der Waals surface area contributed by atoms with Crippen LogP contribution in [0.25, 0.3) is 11.1 Å². The topological polar surface area (TPSA) is 82.1 Å². The van der Waals surface area contributed by atoms with Crippen molar-refractivity contribution in [3.05, 3.63) is 60.8 Å². The summed E-state index contributed by atoms with van der Waals surface area (Å²) in [6, 6.07) is 3.48. The van der Waals surface area contributed by atoms with Gasteiger partial charge in [0.15, 0.2) is 5.82 Å². The van der Waals surface area contributed by atoms with Crippen LogP contribution in [0.5, 0.6) is 0 Å². The first-order valence-corrected chi connectivity index (χ1v) is 15.2. The third-order valence-corrected chi connectivity index (χ3v) is 8.09. The van der Waals surface area contributed by atoms with Gasteiger partial charge in [-0.15, -0.1) is 13.1 Å². The Morgan fingerprint density at radius 3 is 2.26 bits per heavy atom. The number of benzene rings is 1. The summed E-state index contributed by atoms with van der Waals surface area (Å²) in [5.74, 6) is 0.759. The Balaban J connectivity index is 0.000000358. The molecule has 0 unspecified atom stereocenters. The van der Waals surface area contributed by atoms with Crippen LogP contribution >= 0.6 is 0 Å². The van der Waals surface area contributed by atoms with Crippen LogP contribution in [0.3, 0.4) is 0 Å². The molecule has 8 nitrogen and oxygen atoms in total. The van der Waals surface area contributed by atoms with Crippen molar-refractivity contribution in [2.75, 3.05) is 31.1 Å². The van der Waals surface area contributed by atoms with Crippen molar-refractivity contribution in [3.63, 3.8) is 0 Å². The number of fused-ring (bicyclic) bond motifs is 2. The van der Waals surface area contributed by atoms with Gasteiger partial charge < -0.3 is 29.0 Å². The van der Waals surface area contributed by atoms with E-state index in [0.29, 0.717) is 37.2 Å². The van der Waals surface area contributed by atoms with E-state index in [2.05, 4.69) is 34.5 Å². The van der Waals surface area contributed by atoms with E-state index in [-0.39, 0.29) is 41.0 Å². The quantitative estimate of drug-likeness (QED) is 0.345. The molecule has 230 valence electrons. The van der Waals surface area contributed by atoms with Crippen LogP contribution in [0.4, 0.5) is 20.3 Å². The van der Waals surface area contributed by atoms with Crippen LogP contribution in [0.15, 0.2) is 24.5 Å². The second kappa shape index (κ2) is 17.3. The SMILES string of the molecule is C1CCCCC1.CC(=O)N1CCc2[nH]nc(N3CCCc4cc(-c5cnn(C)c5)c(C(F)F)cc43)c2C1.[CH2-]CNC[CH2-].[Na+]. The normalized spacial score (nSPS) is 15.8. The van der Waals surface area contributed by atoms with Crippen molar-refractivity contribution in [2.24, 2.45) is 7.05 Å². The van der Waals surface area contributed by atoms with Gasteiger partial charge in [-0.2, -0.15) is 10.2 Å². The van der Waals surface area contributed by atoms with Gasteiger partial charge in [0.25, 0.3) is 6.43 Å². The molecule has 2 aliphatic heterocycles. The average Bonchev–Trinajstić information content (AvgIpc) is 3.64. The van der Waals surface area contributed by atoms with Gasteiger partial charge in [-0.3, -0.25) is 14.6 Å². The van der Waals surface area contributed by atoms with Crippen molar-refractivity contribution >= 4 is 17.4 Å². The molecule has 3 aromatic rings. The zero-order valence-corrected chi connectivity index (χ0v) is 28.1. The van der Waals surface area contributed by atoms with Crippen LogP contribution in [-0.2, 0) is 31.2 Å². The van der Waals surface area contributed by atoms with Crippen LogP contribution < -0.4 is 39.8 Å². The number of carbonyl (C=O) groups excluding carboxylic acids is 1. The fourth-order valence-corrected chi connectivity index (χ4v) is 5.82. The molecule has 1 aromatic carbocycles. The zero-order valence-electron chi connectivity index (χ0n) is 26.1. The Morgan fingerprint density at radius 2 is 1.72 bits per heavy atom. The maximum atomic E-state index is 14.1. The van der Waals surface area contributed by atoms with Crippen molar-refractivity contribution in [1.29, 1.82) is 0 Å². The van der Waals surface area contributed by atoms with Crippen LogP contribution in [0.2, 0.25) is 0 Å². The summed E-state index contributed by atoms with van der Waals surface area (Å²) in [4.78, 5) is 15.7. The summed E-state index contributed by atoms with van der Waals surface area (Å²) < 4.78 is 29.7. The molecule has 0 radical (unpaired) electrons. The summed E-state index contributed by atoms with van der Waals surface area (Å²) in [7, 11) is 1.77. The van der Waals surface area contributed by atoms with Gasteiger partial charge in [0.2, 0.25) is 5.91 Å². The van der Waals surface area contributed by atoms with E-state index in [4.69, 9.17) is 0 Å². The van der Waals surface area contributed by atoms with E-state index in [1.54, 1.807) is 42.0 Å². The summed E-state index contributed by atoms with van der Waals surface area (Å²) in [5.41, 5.74) is 4.98. The molecule has 2 N–H and O–H groups in total. The van der Waals surface area contributed by atoms with Gasteiger partial charge >= 0.3 is 29.6 Å². The zero-order chi connectivity index (χ0) is 30.1. The number of aryl methyl sites for hydroxylation is 2. The maximum Gasteiger partial charge on any atom is 1.00 e. The summed E-state index contributed by atoms with van der Waals surface area (Å²) >= 11 is 0. The third kappa shape index (κ3) is 9.12. The number of aromatic amines is 1. The molecule has 3 aliphatic rings. The predicted octanol–water partition coefficient (Wildman–Crippen LogP) is 3.33. The minimum atomic E-state index is -2.61. The number of rotatable bonds is 5. The number of nitrogens with zero attached hydrogens (tertiary/aromatic N) is 5. The minimum absolute atomic E-state index is 0. The summed E-state index contributed by atoms with van der Waals surface area (Å²) in [6.45, 7) is 12.0. The Bertz CT molecular complexity index is 1290. The first-order chi connectivity index (χ1) is 20.3. The van der Waals surface area contributed by atoms with Crippen LogP contribution in [0, 0.1) is 13.8 Å². The third-order valence-electron chi connectivity index (χ3n) is 8.09. The van der Waals surface area contributed by atoms with Gasteiger partial charge in [-0.05, 0) is 36.1 Å². The monoisotopic (exact) mass is 604 g/mol. The number of anilines is 2. The summed E-state index contributed by atoms with van der Waals surface area (Å²) in [5, 5.41) is 14.7. The number of amides is 1. The first kappa shape index (κ1) is 35.2. The number of hydrogen-bond donors (Lipinski definition) is 2. The first-order valence-electron chi connectivity index (χ1n) is 15.2. The number of carbonyl (C=O) groups is 1. The van der Waals surface area contributed by atoms with E-state index < -0.39 is 6.43 Å². The van der Waals surface area contributed by atoms with Gasteiger partial charge in [0, 0.05) is 67.8 Å². The number of alkyl halides is 2. The number of H-pyrrole nitrogens is 1. The fraction of sp³-hybridized carbons (Fsp3) is 0.531. The second-order valence-electron chi connectivity index (χ2n) is 11.1. The molecular formula is C32H45F2N7NaO-. The average molecular weight is 605 g/mol. The Hall–Kier alpha value is -2.27. The van der Waals surface area contributed by atoms with E-state index >= 15 is 0 Å². The predicted molar refractivity (Wildman–Crippen MR) is 164 cm³/mol. The Morgan fingerprint density at radius 1 is 1.05 bits per heavy atom. The van der Waals surface area contributed by atoms with Crippen molar-refractivity contribution < 1.29 is 43.1 Å². The molecule has 43 heavy (non-hydrogen) atoms. The molecule has 11 heteroatoms. The molecule has 0 saturated heterocycles. The molecule has 1 amide bonds. The fourth-order valence-electron chi connectivity index (χ4n) is 5.82. The Kier molecular flexibility index (Phi) is 14.1. The van der Waals surface area contributed by atoms with Gasteiger partial charge in [0.05, 0.1) is 12.7 Å². The van der Waals surface area contributed by atoms with Crippen molar-refractivity contribution in [3.8, 4) is 11.1 Å². The minimum Gasteiger partial charge on any atom is -0.376 e. The molecule has 1 aliphatic carbocycles. The molecular weight excluding hydrogens is 559 g/mol. The second-order valence-corrected chi connectivity index (χ2v) is 11.1. The van der Waals surface area contributed by atoms with Crippen LogP contribution in [-0.4, -0.2) is 57.0 Å². The molecule has 1 fully saturated rings. The molecule has 4 heterocycles. The number of nitrogens with one attached hydrogen (secondary N) is 2.